The number of rotatable bonds is 3. The van der Waals surface area contributed by atoms with Crippen molar-refractivity contribution in [3.63, 3.8) is 0 Å². The summed E-state index contributed by atoms with van der Waals surface area (Å²) in [4.78, 5) is 37.5. The summed E-state index contributed by atoms with van der Waals surface area (Å²) in [6, 6.07) is 1.25. The highest BCUT2D eigenvalue weighted by Crippen LogP contribution is 2.70. The lowest BCUT2D eigenvalue weighted by molar-refractivity contribution is -0.201. The summed E-state index contributed by atoms with van der Waals surface area (Å²) in [5.41, 5.74) is -5.12. The fourth-order valence-electron chi connectivity index (χ4n) is 7.71. The van der Waals surface area contributed by atoms with Crippen LogP contribution in [0, 0.1) is 34.5 Å². The van der Waals surface area contributed by atoms with Gasteiger partial charge in [0.2, 0.25) is 5.78 Å². The van der Waals surface area contributed by atoms with Crippen molar-refractivity contribution >= 4 is 29.5 Å². The monoisotopic (exact) mass is 507 g/mol. The number of aliphatic hydroxyl groups excluding tert-OH is 1. The summed E-state index contributed by atoms with van der Waals surface area (Å²) in [5, 5.41) is 14.5. The lowest BCUT2D eigenvalue weighted by Gasteiger charge is -2.62. The molecule has 0 aliphatic heterocycles. The third kappa shape index (κ3) is 3.18. The maximum Gasteiger partial charge on any atom is 0.366 e. The van der Waals surface area contributed by atoms with Crippen molar-refractivity contribution in [3.05, 3.63) is 41.5 Å². The van der Waals surface area contributed by atoms with E-state index in [-0.39, 0.29) is 41.1 Å². The van der Waals surface area contributed by atoms with Crippen molar-refractivity contribution in [3.8, 4) is 0 Å². The molecule has 1 aromatic heterocycles. The van der Waals surface area contributed by atoms with Crippen LogP contribution in [0.4, 0.5) is 8.78 Å². The van der Waals surface area contributed by atoms with Gasteiger partial charge in [-0.15, -0.1) is 12.6 Å². The van der Waals surface area contributed by atoms with E-state index in [1.165, 1.54) is 13.0 Å². The van der Waals surface area contributed by atoms with Gasteiger partial charge >= 0.3 is 5.97 Å². The van der Waals surface area contributed by atoms with Crippen molar-refractivity contribution in [1.29, 1.82) is 0 Å². The molecule has 1 heterocycles. The number of hydrogen-bond acceptors (Lipinski definition) is 7. The first-order chi connectivity index (χ1) is 16.3. The number of esters is 1. The van der Waals surface area contributed by atoms with Gasteiger partial charge in [-0.1, -0.05) is 19.0 Å². The van der Waals surface area contributed by atoms with Crippen molar-refractivity contribution in [2.24, 2.45) is 34.5 Å². The quantitative estimate of drug-likeness (QED) is 0.474. The number of aliphatic hydroxyl groups is 1. The second-order valence-electron chi connectivity index (χ2n) is 10.9. The number of carbonyl (C=O) groups is 3. The third-order valence-corrected chi connectivity index (χ3v) is 9.43. The number of carbonyl (C=O) groups excluding carboxylic acids is 3. The van der Waals surface area contributed by atoms with E-state index in [9.17, 15) is 19.5 Å². The van der Waals surface area contributed by atoms with Crippen LogP contribution < -0.4 is 0 Å². The van der Waals surface area contributed by atoms with E-state index in [2.05, 4.69) is 22.3 Å². The largest absolute Gasteiger partial charge is 0.418 e. The Morgan fingerprint density at radius 2 is 2.00 bits per heavy atom. The van der Waals surface area contributed by atoms with E-state index in [4.69, 9.17) is 4.74 Å². The van der Waals surface area contributed by atoms with E-state index in [0.29, 0.717) is 6.42 Å². The Morgan fingerprint density at radius 3 is 2.63 bits per heavy atom. The summed E-state index contributed by atoms with van der Waals surface area (Å²) >= 11 is 4.07. The lowest BCUT2D eigenvalue weighted by Crippen LogP contribution is -2.68. The van der Waals surface area contributed by atoms with Crippen LogP contribution in [0.2, 0.25) is 0 Å². The molecule has 7 nitrogen and oxygen atoms in total. The number of alkyl halides is 2. The van der Waals surface area contributed by atoms with E-state index in [1.54, 1.807) is 0 Å². The molecule has 5 rings (SSSR count). The first-order valence-electron chi connectivity index (χ1n) is 11.7. The van der Waals surface area contributed by atoms with Gasteiger partial charge in [0, 0.05) is 17.9 Å². The van der Waals surface area contributed by atoms with Crippen molar-refractivity contribution in [2.45, 2.75) is 58.0 Å². The van der Waals surface area contributed by atoms with Crippen LogP contribution in [-0.4, -0.2) is 45.1 Å². The van der Waals surface area contributed by atoms with Gasteiger partial charge in [0.15, 0.2) is 22.2 Å². The second-order valence-corrected chi connectivity index (χ2v) is 11.3. The molecule has 3 fully saturated rings. The van der Waals surface area contributed by atoms with Crippen molar-refractivity contribution < 1.29 is 37.5 Å². The van der Waals surface area contributed by atoms with Crippen LogP contribution in [0.5, 0.6) is 0 Å². The average Bonchev–Trinajstić information content (AvgIpc) is 3.38. The molecule has 0 amide bonds. The molecule has 9 atom stereocenters. The zero-order valence-electron chi connectivity index (χ0n) is 19.5. The Hall–Kier alpha value is -2.33. The lowest BCUT2D eigenvalue weighted by atomic mass is 9.45. The normalized spacial score (nSPS) is 44.5. The molecule has 188 valence electrons. The average molecular weight is 508 g/mol. The molecule has 4 aliphatic rings. The Kier molecular flexibility index (Phi) is 5.45. The van der Waals surface area contributed by atoms with E-state index in [1.807, 2.05) is 13.8 Å². The number of ketones is 1. The van der Waals surface area contributed by atoms with Gasteiger partial charge in [-0.05, 0) is 61.2 Å². The molecule has 1 N–H and O–H groups in total. The molecule has 0 unspecified atom stereocenters. The molecule has 0 spiro atoms. The van der Waals surface area contributed by atoms with Crippen LogP contribution in [0.25, 0.3) is 0 Å². The van der Waals surface area contributed by atoms with Gasteiger partial charge in [-0.25, -0.2) is 13.6 Å². The number of fused-ring (bicyclic) bond motifs is 5. The number of nitrogens with zero attached hydrogens (tertiary/aromatic N) is 1. The van der Waals surface area contributed by atoms with E-state index >= 15 is 8.78 Å². The summed E-state index contributed by atoms with van der Waals surface area (Å²) in [7, 11) is 0. The van der Waals surface area contributed by atoms with Crippen LogP contribution in [0.1, 0.15) is 50.5 Å². The summed E-state index contributed by atoms with van der Waals surface area (Å²) in [6.45, 7) is 5.19. The van der Waals surface area contributed by atoms with E-state index in [0.717, 1.165) is 18.4 Å². The first kappa shape index (κ1) is 24.4. The molecule has 0 aromatic carbocycles. The maximum atomic E-state index is 17.4. The third-order valence-electron chi connectivity index (χ3n) is 9.15. The highest BCUT2D eigenvalue weighted by Gasteiger charge is 2.73. The summed E-state index contributed by atoms with van der Waals surface area (Å²) < 4.78 is 42.9. The fourth-order valence-corrected chi connectivity index (χ4v) is 8.26. The Bertz CT molecular complexity index is 1170. The highest BCUT2D eigenvalue weighted by atomic mass is 32.1. The smallest absolute Gasteiger partial charge is 0.366 e. The van der Waals surface area contributed by atoms with Gasteiger partial charge in [-0.2, -0.15) is 0 Å². The number of allylic oxidation sites excluding steroid dienone is 3. The second kappa shape index (κ2) is 7.83. The summed E-state index contributed by atoms with van der Waals surface area (Å²) in [6.07, 6.45) is 0.341. The van der Waals surface area contributed by atoms with Crippen molar-refractivity contribution in [2.75, 3.05) is 0 Å². The molecule has 1 aromatic rings. The number of hydrogen-bond donors (Lipinski definition) is 2. The van der Waals surface area contributed by atoms with Crippen LogP contribution in [0.3, 0.4) is 0 Å². The minimum absolute atomic E-state index is 0.0123. The molecule has 0 saturated heterocycles. The van der Waals surface area contributed by atoms with Crippen LogP contribution in [0.15, 0.2) is 40.3 Å². The molecule has 0 bridgehead atoms. The molecule has 10 heteroatoms. The van der Waals surface area contributed by atoms with Gasteiger partial charge in [-0.3, -0.25) is 9.59 Å². The fraction of sp³-hybridized carbons (Fsp3) is 0.600. The highest BCUT2D eigenvalue weighted by molar-refractivity contribution is 7.96. The zero-order chi connectivity index (χ0) is 25.5. The minimum atomic E-state index is -2.36. The summed E-state index contributed by atoms with van der Waals surface area (Å²) in [5.74, 6) is -4.11. The van der Waals surface area contributed by atoms with Crippen LogP contribution >= 0.6 is 12.6 Å². The number of ether oxygens (including phenoxy) is 1. The molecule has 0 radical (unpaired) electrons. The molecule has 35 heavy (non-hydrogen) atoms. The Labute approximate surface area is 206 Å². The standard InChI is InChI=1S/C25H27F2NO6S/c1-11-6-12-13-7-15(26)14-8-17(29)18(34-21(31)16-4-5-33-28-16)9-24(14,3)25(13,27)19(30)10-23(12,2)20(11)22(32)35/h4-5,8-9,11-13,15,19-20,30H,6-7,10H2,1-3H3,(H,32,35)/t11-,12+,13+,15+,19+,20-,23+,24+,25+/m1/s1. The van der Waals surface area contributed by atoms with Crippen LogP contribution in [-0.2, 0) is 14.3 Å². The maximum absolute atomic E-state index is 17.4. The minimum Gasteiger partial charge on any atom is -0.418 e. The SMILES string of the molecule is C[C@@H]1C[C@H]2[C@@H]3C[C@H](F)C4=CC(=O)C(OC(=O)c5ccon5)=C[C@]4(C)[C@@]3(F)[C@@H](O)C[C@]2(C)[C@H]1C(=O)S. The Morgan fingerprint density at radius 1 is 1.29 bits per heavy atom. The van der Waals surface area contributed by atoms with Crippen molar-refractivity contribution in [1.82, 2.24) is 5.16 Å². The predicted octanol–water partition coefficient (Wildman–Crippen LogP) is 3.80. The number of halogens is 2. The molecular formula is C25H27F2NO6S. The number of thiol groups is 1. The first-order valence-corrected chi connectivity index (χ1v) is 12.1. The molecule has 3 saturated carbocycles. The van der Waals surface area contributed by atoms with Gasteiger partial charge < -0.3 is 14.4 Å². The number of aromatic nitrogens is 1. The topological polar surface area (TPSA) is 107 Å². The molecule has 4 aliphatic carbocycles. The zero-order valence-corrected chi connectivity index (χ0v) is 20.4. The van der Waals surface area contributed by atoms with Gasteiger partial charge in [0.1, 0.15) is 12.4 Å². The predicted molar refractivity (Wildman–Crippen MR) is 122 cm³/mol. The molecular weight excluding hydrogens is 480 g/mol. The van der Waals surface area contributed by atoms with Gasteiger partial charge in [0.05, 0.1) is 11.5 Å². The van der Waals surface area contributed by atoms with E-state index < -0.39 is 58.1 Å². The Balaban J connectivity index is 1.58. The van der Waals surface area contributed by atoms with Gasteiger partial charge in [0.25, 0.3) is 0 Å².